The fourth-order valence-corrected chi connectivity index (χ4v) is 4.40. The summed E-state index contributed by atoms with van der Waals surface area (Å²) < 4.78 is 47.9. The molecule has 0 spiro atoms. The van der Waals surface area contributed by atoms with Crippen molar-refractivity contribution in [2.75, 3.05) is 26.9 Å². The van der Waals surface area contributed by atoms with Crippen molar-refractivity contribution in [3.05, 3.63) is 94.6 Å². The number of halogens is 2. The summed E-state index contributed by atoms with van der Waals surface area (Å²) in [5.74, 6) is -2.86. The summed E-state index contributed by atoms with van der Waals surface area (Å²) >= 11 is 0. The molecule has 2 aromatic rings. The van der Waals surface area contributed by atoms with Crippen molar-refractivity contribution in [3.8, 4) is 17.2 Å². The maximum Gasteiger partial charge on any atom is 0.333 e. The van der Waals surface area contributed by atoms with E-state index < -0.39 is 35.6 Å². The van der Waals surface area contributed by atoms with Crippen LogP contribution in [-0.2, 0) is 24.0 Å². The van der Waals surface area contributed by atoms with Gasteiger partial charge in [-0.25, -0.2) is 4.79 Å². The number of methoxy groups -OCH3 is 1. The smallest absolute Gasteiger partial charge is 0.333 e. The Morgan fingerprint density at radius 3 is 2.32 bits per heavy atom. The van der Waals surface area contributed by atoms with E-state index in [4.69, 9.17) is 18.9 Å². The predicted octanol–water partition coefficient (Wildman–Crippen LogP) is 9.51. The number of carbonyl (C=O) groups excluding carboxylic acids is 3. The second-order valence-corrected chi connectivity index (χ2v) is 12.3. The fourth-order valence-electron chi connectivity index (χ4n) is 4.40. The van der Waals surface area contributed by atoms with Crippen LogP contribution in [0, 0.1) is 16.0 Å². The minimum atomic E-state index is -2.92. The molecule has 14 heteroatoms. The Bertz CT molecular complexity index is 1470. The van der Waals surface area contributed by atoms with Crippen LogP contribution < -0.4 is 19.5 Å². The number of alkyl halides is 2. The second-order valence-electron chi connectivity index (χ2n) is 12.3. The summed E-state index contributed by atoms with van der Waals surface area (Å²) in [6.07, 6.45) is 18.8. The third-order valence-electron chi connectivity index (χ3n) is 7.64. The number of hydrogen-bond acceptors (Lipinski definition) is 10. The zero-order valence-electron chi connectivity index (χ0n) is 33.6. The Balaban J connectivity index is 0.000000964. The third kappa shape index (κ3) is 26.5. The minimum absolute atomic E-state index is 0.00690. The summed E-state index contributed by atoms with van der Waals surface area (Å²) in [5.41, 5.74) is 0.705. The number of nitrogens with zero attached hydrogens (tertiary/aromatic N) is 1. The molecule has 2 atom stereocenters. The largest absolute Gasteiger partial charge is 0.493 e. The van der Waals surface area contributed by atoms with Crippen molar-refractivity contribution in [2.24, 2.45) is 5.92 Å². The molecule has 12 nitrogen and oxygen atoms in total. The van der Waals surface area contributed by atoms with Crippen molar-refractivity contribution < 1.29 is 52.0 Å². The van der Waals surface area contributed by atoms with Gasteiger partial charge in [-0.05, 0) is 87.4 Å². The Labute approximate surface area is 330 Å². The Morgan fingerprint density at radius 1 is 1.00 bits per heavy atom. The molecule has 0 saturated heterocycles. The van der Waals surface area contributed by atoms with Crippen LogP contribution in [0.15, 0.2) is 78.9 Å². The highest BCUT2D eigenvalue weighted by atomic mass is 19.3. The second kappa shape index (κ2) is 32.0. The van der Waals surface area contributed by atoms with Crippen molar-refractivity contribution in [1.82, 2.24) is 5.32 Å². The molecular weight excluding hydrogens is 730 g/mol. The Morgan fingerprint density at radius 2 is 1.71 bits per heavy atom. The molecule has 0 heterocycles. The quantitative estimate of drug-likeness (QED) is 0.0196. The van der Waals surface area contributed by atoms with Crippen LogP contribution in [-0.4, -0.2) is 62.3 Å². The molecule has 2 unspecified atom stereocenters. The van der Waals surface area contributed by atoms with Crippen molar-refractivity contribution in [2.45, 2.75) is 104 Å². The van der Waals surface area contributed by atoms with E-state index in [1.165, 1.54) is 39.4 Å². The minimum Gasteiger partial charge on any atom is -0.493 e. The number of allylic oxidation sites excluding steroid dienone is 3. The number of amides is 1. The molecule has 312 valence electrons. The van der Waals surface area contributed by atoms with Gasteiger partial charge in [-0.3, -0.25) is 9.59 Å². The Hall–Kier alpha value is -5.27. The monoisotopic (exact) mass is 790 g/mol. The summed E-state index contributed by atoms with van der Waals surface area (Å²) in [6, 6.07) is 12.7. The zero-order valence-corrected chi connectivity index (χ0v) is 33.6. The van der Waals surface area contributed by atoms with E-state index in [9.17, 15) is 33.3 Å². The first-order chi connectivity index (χ1) is 26.9. The van der Waals surface area contributed by atoms with Crippen LogP contribution >= 0.6 is 0 Å². The molecule has 56 heavy (non-hydrogen) atoms. The Kier molecular flexibility index (Phi) is 29.0. The molecule has 0 radical (unpaired) electrons. The van der Waals surface area contributed by atoms with Gasteiger partial charge in [-0.2, -0.15) is 8.78 Å². The number of para-hydroxylation sites is 1. The van der Waals surface area contributed by atoms with Crippen molar-refractivity contribution in [1.29, 1.82) is 0 Å². The molecule has 0 aliphatic rings. The van der Waals surface area contributed by atoms with Crippen LogP contribution in [0.3, 0.4) is 0 Å². The summed E-state index contributed by atoms with van der Waals surface area (Å²) in [6.45, 7) is 9.14. The van der Waals surface area contributed by atoms with E-state index >= 15 is 0 Å². The zero-order chi connectivity index (χ0) is 42.0. The molecule has 0 fully saturated rings. The van der Waals surface area contributed by atoms with Crippen LogP contribution in [0.4, 0.5) is 8.78 Å². The predicted molar refractivity (Wildman–Crippen MR) is 213 cm³/mol. The summed E-state index contributed by atoms with van der Waals surface area (Å²) in [4.78, 5) is 47.8. The highest BCUT2D eigenvalue weighted by Gasteiger charge is 2.26. The van der Waals surface area contributed by atoms with E-state index in [1.807, 2.05) is 13.0 Å². The number of benzene rings is 2. The van der Waals surface area contributed by atoms with Gasteiger partial charge in [0.1, 0.15) is 18.4 Å². The number of nitrogens with one attached hydrogen (secondary N) is 1. The van der Waals surface area contributed by atoms with E-state index in [2.05, 4.69) is 43.1 Å². The van der Waals surface area contributed by atoms with Gasteiger partial charge in [0.2, 0.25) is 6.41 Å². The van der Waals surface area contributed by atoms with Crippen molar-refractivity contribution >= 4 is 24.4 Å². The molecule has 2 rings (SSSR count). The highest BCUT2D eigenvalue weighted by molar-refractivity contribution is 5.80. The van der Waals surface area contributed by atoms with E-state index in [0.717, 1.165) is 31.8 Å². The van der Waals surface area contributed by atoms with E-state index in [0.29, 0.717) is 23.5 Å². The fraction of sp³-hybridized carbons (Fsp3) is 0.500. The van der Waals surface area contributed by atoms with Gasteiger partial charge in [0, 0.05) is 6.42 Å². The van der Waals surface area contributed by atoms with Gasteiger partial charge in [-0.1, -0.05) is 95.0 Å². The molecule has 1 amide bonds. The average Bonchev–Trinajstić information content (AvgIpc) is 3.19. The van der Waals surface area contributed by atoms with Gasteiger partial charge in [0.15, 0.2) is 18.1 Å². The lowest BCUT2D eigenvalue weighted by atomic mass is 9.98. The average molecular weight is 791 g/mol. The maximum absolute atomic E-state index is 13.7. The number of rotatable bonds is 25. The van der Waals surface area contributed by atoms with Gasteiger partial charge < -0.3 is 29.1 Å². The molecule has 0 aliphatic heterocycles. The molecule has 2 aromatic carbocycles. The van der Waals surface area contributed by atoms with Gasteiger partial charge in [0.25, 0.3) is 11.0 Å². The molecule has 0 aromatic heterocycles. The number of unbranched alkanes of at least 4 members (excludes halogenated alkanes) is 3. The van der Waals surface area contributed by atoms with Gasteiger partial charge in [0.05, 0.1) is 13.7 Å². The highest BCUT2D eigenvalue weighted by Crippen LogP contribution is 2.29. The van der Waals surface area contributed by atoms with Gasteiger partial charge in [-0.15, -0.1) is 10.1 Å². The number of esters is 2. The molecule has 0 bridgehead atoms. The first kappa shape index (κ1) is 50.7. The normalized spacial score (nSPS) is 12.1. The van der Waals surface area contributed by atoms with Gasteiger partial charge >= 0.3 is 11.9 Å². The molecule has 1 N–H and O–H groups in total. The standard InChI is InChI=1S/C18H22N2O9.C17H24F2O.C7H14/c1-13(19-12-21)18(23)29-15-8-7-14(11-16(15)26-2)5-3-9-27-17(22)6-4-10-28-20(24)25;1-3-5-9-15(4-2)12-13-17(18,19)14-20-16-10-7-6-8-11-16;1-3-5-7-6-4-2/h3,5,7-8,11-13H,4,6,9-10H2,1-2H3,(H,19,21);6-8,10-13,15H,3-5,9,14H2,1-2H3;3,5H,4,6-7H2,1-2H3/b5-3+;13-12+;5-3-. The summed E-state index contributed by atoms with van der Waals surface area (Å²) in [5, 5.41) is 11.3. The SMILES string of the molecule is C/C=C\CCCC.CCCCC(/C=C/C(F)(F)COc1ccccc1)CC.COc1cc(/C=C/COC(=O)CCCO[N+](=O)[O-])ccc1OC(=O)C(C)NC=O. The first-order valence-corrected chi connectivity index (χ1v) is 18.9. The van der Waals surface area contributed by atoms with Crippen LogP contribution in [0.2, 0.25) is 0 Å². The lowest BCUT2D eigenvalue weighted by molar-refractivity contribution is -0.757. The van der Waals surface area contributed by atoms with Crippen LogP contribution in [0.25, 0.3) is 6.08 Å². The lowest BCUT2D eigenvalue weighted by Crippen LogP contribution is -2.36. The van der Waals surface area contributed by atoms with Crippen LogP contribution in [0.5, 0.6) is 17.2 Å². The van der Waals surface area contributed by atoms with Crippen LogP contribution in [0.1, 0.15) is 98.0 Å². The number of carbonyl (C=O) groups is 3. The lowest BCUT2D eigenvalue weighted by Gasteiger charge is -2.15. The third-order valence-corrected chi connectivity index (χ3v) is 7.64. The first-order valence-electron chi connectivity index (χ1n) is 18.9. The van der Waals surface area contributed by atoms with E-state index in [1.54, 1.807) is 54.6 Å². The number of hydrogen-bond donors (Lipinski definition) is 1. The summed E-state index contributed by atoms with van der Waals surface area (Å²) in [7, 11) is 1.41. The molecular formula is C42H60F2N2O10. The maximum atomic E-state index is 13.7. The van der Waals surface area contributed by atoms with Crippen molar-refractivity contribution in [3.63, 3.8) is 0 Å². The van der Waals surface area contributed by atoms with E-state index in [-0.39, 0.29) is 37.7 Å². The molecule has 0 saturated carbocycles. The molecule has 0 aliphatic carbocycles. The topological polar surface area (TPSA) is 153 Å². The number of ether oxygens (including phenoxy) is 4.